The first-order chi connectivity index (χ1) is 10.1. The lowest BCUT2D eigenvalue weighted by Crippen LogP contribution is -2.09. The van der Waals surface area contributed by atoms with E-state index in [1.165, 1.54) is 0 Å². The van der Waals surface area contributed by atoms with Crippen LogP contribution in [0.3, 0.4) is 0 Å². The van der Waals surface area contributed by atoms with Gasteiger partial charge in [0, 0.05) is 11.1 Å². The number of Topliss-reactive ketones (excluding diaryl/α,β-unsaturated/α-hetero) is 1. The summed E-state index contributed by atoms with van der Waals surface area (Å²) in [5.74, 6) is -0.338. The number of fused-ring (bicyclic) bond motifs is 1. The first-order valence-electron chi connectivity index (χ1n) is 6.96. The van der Waals surface area contributed by atoms with Gasteiger partial charge >= 0.3 is 5.97 Å². The van der Waals surface area contributed by atoms with E-state index in [1.54, 1.807) is 12.1 Å². The number of hydrogen-bond acceptors (Lipinski definition) is 3. The molecule has 3 rings (SSSR count). The van der Waals surface area contributed by atoms with Crippen LogP contribution in [-0.2, 0) is 4.74 Å². The molecule has 0 amide bonds. The summed E-state index contributed by atoms with van der Waals surface area (Å²) in [6.45, 7) is 3.88. The zero-order valence-corrected chi connectivity index (χ0v) is 12.1. The van der Waals surface area contributed by atoms with Gasteiger partial charge in [0.05, 0.1) is 12.0 Å². The first kappa shape index (κ1) is 13.6. The second kappa shape index (κ2) is 5.17. The summed E-state index contributed by atoms with van der Waals surface area (Å²) in [6.07, 6.45) is -0.284. The SMILES string of the molecule is Cc1ccc(C)c(C(=O)C[C@H]2OC(=O)c3ccccc32)c1. The Bertz CT molecular complexity index is 731. The summed E-state index contributed by atoms with van der Waals surface area (Å²) in [5, 5.41) is 0. The number of rotatable bonds is 3. The molecule has 21 heavy (non-hydrogen) atoms. The lowest BCUT2D eigenvalue weighted by atomic mass is 9.95. The Hall–Kier alpha value is -2.42. The normalized spacial score (nSPS) is 16.5. The minimum Gasteiger partial charge on any atom is -0.453 e. The van der Waals surface area contributed by atoms with Crippen molar-refractivity contribution in [1.82, 2.24) is 0 Å². The van der Waals surface area contributed by atoms with Crippen molar-refractivity contribution in [2.75, 3.05) is 0 Å². The molecule has 1 atom stereocenters. The number of aryl methyl sites for hydroxylation is 2. The van der Waals surface area contributed by atoms with Crippen LogP contribution in [0.2, 0.25) is 0 Å². The van der Waals surface area contributed by atoms with Gasteiger partial charge in [0.2, 0.25) is 0 Å². The Morgan fingerprint density at radius 3 is 2.71 bits per heavy atom. The second-order valence-corrected chi connectivity index (χ2v) is 5.43. The van der Waals surface area contributed by atoms with E-state index in [0.717, 1.165) is 16.7 Å². The van der Waals surface area contributed by atoms with E-state index in [4.69, 9.17) is 4.74 Å². The van der Waals surface area contributed by atoms with Gasteiger partial charge in [-0.05, 0) is 31.5 Å². The number of benzene rings is 2. The third-order valence-electron chi connectivity index (χ3n) is 3.84. The van der Waals surface area contributed by atoms with Gasteiger partial charge in [-0.15, -0.1) is 0 Å². The van der Waals surface area contributed by atoms with Crippen LogP contribution in [0.25, 0.3) is 0 Å². The molecule has 3 nitrogen and oxygen atoms in total. The molecular weight excluding hydrogens is 264 g/mol. The van der Waals surface area contributed by atoms with E-state index in [1.807, 2.05) is 44.2 Å². The fraction of sp³-hybridized carbons (Fsp3) is 0.222. The van der Waals surface area contributed by atoms with E-state index in [9.17, 15) is 9.59 Å². The molecule has 0 spiro atoms. The molecule has 0 bridgehead atoms. The minimum absolute atomic E-state index is 0.00528. The zero-order valence-electron chi connectivity index (χ0n) is 12.1. The lowest BCUT2D eigenvalue weighted by Gasteiger charge is -2.11. The Labute approximate surface area is 123 Å². The molecule has 3 heteroatoms. The van der Waals surface area contributed by atoms with E-state index >= 15 is 0 Å². The van der Waals surface area contributed by atoms with Crippen LogP contribution in [0.5, 0.6) is 0 Å². The Kier molecular flexibility index (Phi) is 3.34. The van der Waals surface area contributed by atoms with E-state index < -0.39 is 6.10 Å². The largest absolute Gasteiger partial charge is 0.453 e. The number of ether oxygens (including phenoxy) is 1. The highest BCUT2D eigenvalue weighted by Gasteiger charge is 2.32. The molecule has 0 radical (unpaired) electrons. The lowest BCUT2D eigenvalue weighted by molar-refractivity contribution is 0.0367. The zero-order chi connectivity index (χ0) is 15.0. The average Bonchev–Trinajstić information content (AvgIpc) is 2.78. The number of carbonyl (C=O) groups excluding carboxylic acids is 2. The predicted molar refractivity (Wildman–Crippen MR) is 79.5 cm³/mol. The summed E-state index contributed by atoms with van der Waals surface area (Å²) in [4.78, 5) is 24.3. The highest BCUT2D eigenvalue weighted by molar-refractivity contribution is 6.00. The Morgan fingerprint density at radius 2 is 1.90 bits per heavy atom. The molecule has 1 heterocycles. The fourth-order valence-corrected chi connectivity index (χ4v) is 2.69. The van der Waals surface area contributed by atoms with Gasteiger partial charge < -0.3 is 4.74 Å². The van der Waals surface area contributed by atoms with Crippen molar-refractivity contribution in [3.63, 3.8) is 0 Å². The minimum atomic E-state index is -0.471. The Morgan fingerprint density at radius 1 is 1.14 bits per heavy atom. The van der Waals surface area contributed by atoms with Crippen molar-refractivity contribution in [3.8, 4) is 0 Å². The molecule has 106 valence electrons. The van der Waals surface area contributed by atoms with Gasteiger partial charge in [-0.1, -0.05) is 35.9 Å². The van der Waals surface area contributed by atoms with Crippen LogP contribution in [0.15, 0.2) is 42.5 Å². The summed E-state index contributed by atoms with van der Waals surface area (Å²) in [7, 11) is 0. The molecule has 0 saturated carbocycles. The molecule has 2 aromatic rings. The number of cyclic esters (lactones) is 1. The van der Waals surface area contributed by atoms with Crippen LogP contribution in [-0.4, -0.2) is 11.8 Å². The monoisotopic (exact) mass is 280 g/mol. The van der Waals surface area contributed by atoms with Crippen molar-refractivity contribution in [2.45, 2.75) is 26.4 Å². The molecule has 0 unspecified atom stereocenters. The predicted octanol–water partition coefficient (Wildman–Crippen LogP) is 3.79. The molecule has 0 aromatic heterocycles. The number of ketones is 1. The van der Waals surface area contributed by atoms with Crippen molar-refractivity contribution in [1.29, 1.82) is 0 Å². The van der Waals surface area contributed by atoms with Gasteiger partial charge in [-0.3, -0.25) is 4.79 Å². The third kappa shape index (κ3) is 2.47. The van der Waals surface area contributed by atoms with Crippen LogP contribution in [0.4, 0.5) is 0 Å². The molecule has 2 aromatic carbocycles. The highest BCUT2D eigenvalue weighted by atomic mass is 16.5. The van der Waals surface area contributed by atoms with Gasteiger partial charge in [0.25, 0.3) is 0 Å². The number of hydrogen-bond donors (Lipinski definition) is 0. The molecule has 1 aliphatic rings. The number of esters is 1. The van der Waals surface area contributed by atoms with Crippen molar-refractivity contribution < 1.29 is 14.3 Å². The van der Waals surface area contributed by atoms with Gasteiger partial charge in [0.1, 0.15) is 6.10 Å². The summed E-state index contributed by atoms with van der Waals surface area (Å²) in [6, 6.07) is 13.1. The second-order valence-electron chi connectivity index (χ2n) is 5.43. The van der Waals surface area contributed by atoms with Crippen LogP contribution in [0, 0.1) is 13.8 Å². The maximum absolute atomic E-state index is 12.5. The standard InChI is InChI=1S/C18H16O3/c1-11-7-8-12(2)15(9-11)16(19)10-17-13-5-3-4-6-14(13)18(20)21-17/h3-9,17H,10H2,1-2H3/t17-/m1/s1. The van der Waals surface area contributed by atoms with Crippen molar-refractivity contribution in [2.24, 2.45) is 0 Å². The summed E-state index contributed by atoms with van der Waals surface area (Å²) >= 11 is 0. The van der Waals surface area contributed by atoms with Crippen LogP contribution >= 0.6 is 0 Å². The topological polar surface area (TPSA) is 43.4 Å². The maximum atomic E-state index is 12.5. The Balaban J connectivity index is 1.87. The molecule has 0 saturated heterocycles. The van der Waals surface area contributed by atoms with Gasteiger partial charge in [0.15, 0.2) is 5.78 Å². The summed E-state index contributed by atoms with van der Waals surface area (Å²) < 4.78 is 5.33. The first-order valence-corrected chi connectivity index (χ1v) is 6.96. The van der Waals surface area contributed by atoms with Crippen molar-refractivity contribution in [3.05, 3.63) is 70.3 Å². The summed E-state index contributed by atoms with van der Waals surface area (Å²) in [5.41, 5.74) is 4.07. The molecular formula is C18H16O3. The van der Waals surface area contributed by atoms with Gasteiger partial charge in [-0.2, -0.15) is 0 Å². The third-order valence-corrected chi connectivity index (χ3v) is 3.84. The molecule has 0 aliphatic carbocycles. The molecule has 0 N–H and O–H groups in total. The maximum Gasteiger partial charge on any atom is 0.339 e. The van der Waals surface area contributed by atoms with E-state index in [0.29, 0.717) is 11.1 Å². The van der Waals surface area contributed by atoms with Crippen molar-refractivity contribution >= 4 is 11.8 Å². The van der Waals surface area contributed by atoms with Crippen LogP contribution < -0.4 is 0 Å². The van der Waals surface area contributed by atoms with Gasteiger partial charge in [-0.25, -0.2) is 4.79 Å². The van der Waals surface area contributed by atoms with E-state index in [2.05, 4.69) is 0 Å². The quantitative estimate of drug-likeness (QED) is 0.634. The van der Waals surface area contributed by atoms with Crippen LogP contribution in [0.1, 0.15) is 49.9 Å². The van der Waals surface area contributed by atoms with E-state index in [-0.39, 0.29) is 18.2 Å². The molecule has 0 fully saturated rings. The average molecular weight is 280 g/mol. The highest BCUT2D eigenvalue weighted by Crippen LogP contribution is 2.33. The number of carbonyl (C=O) groups is 2. The fourth-order valence-electron chi connectivity index (χ4n) is 2.69. The smallest absolute Gasteiger partial charge is 0.339 e. The molecule has 1 aliphatic heterocycles.